The van der Waals surface area contributed by atoms with Crippen LogP contribution in [0.5, 0.6) is 0 Å². The summed E-state index contributed by atoms with van der Waals surface area (Å²) < 4.78 is 5.65. The van der Waals surface area contributed by atoms with E-state index in [4.69, 9.17) is 9.72 Å². The number of fused-ring (bicyclic) bond motifs is 4. The predicted molar refractivity (Wildman–Crippen MR) is 120 cm³/mol. The summed E-state index contributed by atoms with van der Waals surface area (Å²) in [6.07, 6.45) is 7.09. The molecule has 2 aliphatic carbocycles. The molecule has 1 aromatic heterocycles. The molecule has 5 nitrogen and oxygen atoms in total. The molecule has 2 heterocycles. The summed E-state index contributed by atoms with van der Waals surface area (Å²) in [5.74, 6) is -0.453. The molecule has 3 aliphatic rings. The number of carbonyl (C=O) groups excluding carboxylic acids is 2. The molecule has 164 valence electrons. The van der Waals surface area contributed by atoms with Crippen molar-refractivity contribution in [1.82, 2.24) is 9.88 Å². The molecule has 2 fully saturated rings. The van der Waals surface area contributed by atoms with Gasteiger partial charge in [0.05, 0.1) is 11.1 Å². The van der Waals surface area contributed by atoms with Crippen molar-refractivity contribution in [2.75, 3.05) is 13.2 Å². The lowest BCUT2D eigenvalue weighted by Crippen LogP contribution is -2.40. The average Bonchev–Trinajstić information content (AvgIpc) is 2.98. The van der Waals surface area contributed by atoms with Crippen LogP contribution in [-0.2, 0) is 22.4 Å². The highest BCUT2D eigenvalue weighted by Crippen LogP contribution is 2.52. The maximum absolute atomic E-state index is 13.2. The number of pyridine rings is 1. The number of rotatable bonds is 3. The molecule has 5 heteroatoms. The first kappa shape index (κ1) is 20.5. The Labute approximate surface area is 184 Å². The van der Waals surface area contributed by atoms with E-state index in [0.717, 1.165) is 73.7 Å². The highest BCUT2D eigenvalue weighted by molar-refractivity contribution is 6.05. The van der Waals surface area contributed by atoms with Crippen LogP contribution < -0.4 is 0 Å². The Kier molecular flexibility index (Phi) is 4.83. The van der Waals surface area contributed by atoms with Crippen molar-refractivity contribution in [3.63, 3.8) is 0 Å². The van der Waals surface area contributed by atoms with Crippen molar-refractivity contribution in [3.8, 4) is 0 Å². The number of hydrogen-bond acceptors (Lipinski definition) is 4. The minimum absolute atomic E-state index is 0.0630. The van der Waals surface area contributed by atoms with Gasteiger partial charge in [-0.05, 0) is 67.4 Å². The number of amides is 1. The van der Waals surface area contributed by atoms with Crippen molar-refractivity contribution in [2.45, 2.75) is 71.8 Å². The third-order valence-electron chi connectivity index (χ3n) is 7.44. The van der Waals surface area contributed by atoms with Crippen molar-refractivity contribution in [3.05, 3.63) is 41.1 Å². The predicted octanol–water partition coefficient (Wildman–Crippen LogP) is 4.70. The van der Waals surface area contributed by atoms with Crippen LogP contribution in [-0.4, -0.2) is 41.0 Å². The minimum atomic E-state index is -0.390. The van der Waals surface area contributed by atoms with Gasteiger partial charge in [0.1, 0.15) is 0 Å². The van der Waals surface area contributed by atoms with Crippen molar-refractivity contribution >= 4 is 22.8 Å². The van der Waals surface area contributed by atoms with Gasteiger partial charge < -0.3 is 9.64 Å². The fraction of sp³-hybridized carbons (Fsp3) is 0.577. The third kappa shape index (κ3) is 3.72. The summed E-state index contributed by atoms with van der Waals surface area (Å²) in [6, 6.07) is 8.00. The second kappa shape index (κ2) is 7.32. The first-order chi connectivity index (χ1) is 14.7. The van der Waals surface area contributed by atoms with Crippen LogP contribution in [0.25, 0.3) is 10.9 Å². The van der Waals surface area contributed by atoms with Gasteiger partial charge >= 0.3 is 5.97 Å². The molecule has 5 rings (SSSR count). The van der Waals surface area contributed by atoms with E-state index >= 15 is 0 Å². The second-order valence-electron chi connectivity index (χ2n) is 10.9. The number of carbonyl (C=O) groups is 2. The molecule has 0 spiro atoms. The molecule has 1 amide bonds. The summed E-state index contributed by atoms with van der Waals surface area (Å²) in [6.45, 7) is 7.46. The van der Waals surface area contributed by atoms with Gasteiger partial charge in [0, 0.05) is 23.7 Å². The molecule has 0 radical (unpaired) electrons. The summed E-state index contributed by atoms with van der Waals surface area (Å²) in [7, 11) is 0. The number of hydrogen-bond donors (Lipinski definition) is 0. The Bertz CT molecular complexity index is 1060. The lowest BCUT2D eigenvalue weighted by atomic mass is 9.65. The van der Waals surface area contributed by atoms with Gasteiger partial charge in [0.2, 0.25) is 0 Å². The zero-order valence-corrected chi connectivity index (χ0v) is 18.9. The zero-order valence-electron chi connectivity index (χ0n) is 18.9. The van der Waals surface area contributed by atoms with E-state index in [0.29, 0.717) is 5.56 Å². The van der Waals surface area contributed by atoms with Crippen molar-refractivity contribution < 1.29 is 14.3 Å². The summed E-state index contributed by atoms with van der Waals surface area (Å²) in [5, 5.41) is 0.826. The van der Waals surface area contributed by atoms with E-state index in [9.17, 15) is 9.59 Å². The maximum atomic E-state index is 13.2. The molecular formula is C26H32N2O3. The van der Waals surface area contributed by atoms with E-state index in [1.54, 1.807) is 0 Å². The third-order valence-corrected chi connectivity index (χ3v) is 7.44. The quantitative estimate of drug-likeness (QED) is 0.676. The smallest absolute Gasteiger partial charge is 0.339 e. The number of ether oxygens (including phenoxy) is 1. The fourth-order valence-electron chi connectivity index (χ4n) is 6.64. The number of para-hydroxylation sites is 1. The summed E-state index contributed by atoms with van der Waals surface area (Å²) in [5.41, 5.74) is 3.87. The van der Waals surface area contributed by atoms with Crippen LogP contribution in [0.3, 0.4) is 0 Å². The first-order valence-electron chi connectivity index (χ1n) is 11.6. The Morgan fingerprint density at radius 3 is 2.74 bits per heavy atom. The number of esters is 1. The number of likely N-dealkylation sites (tertiary alicyclic amines) is 1. The average molecular weight is 421 g/mol. The SMILES string of the molecule is CC1(C)C[C@H]2C[C@@](C)(CN2C(=O)COC(=O)c2c3c(nc4ccccc24)CCCC3)C1. The summed E-state index contributed by atoms with van der Waals surface area (Å²) in [4.78, 5) is 33.1. The highest BCUT2D eigenvalue weighted by atomic mass is 16.5. The van der Waals surface area contributed by atoms with E-state index < -0.39 is 0 Å². The number of benzene rings is 1. The minimum Gasteiger partial charge on any atom is -0.452 e. The molecule has 31 heavy (non-hydrogen) atoms. The van der Waals surface area contributed by atoms with E-state index in [1.807, 2.05) is 29.2 Å². The van der Waals surface area contributed by atoms with Crippen molar-refractivity contribution in [2.24, 2.45) is 10.8 Å². The molecule has 1 saturated heterocycles. The molecule has 2 atom stereocenters. The van der Waals surface area contributed by atoms with Crippen LogP contribution in [0, 0.1) is 10.8 Å². The fourth-order valence-corrected chi connectivity index (χ4v) is 6.64. The first-order valence-corrected chi connectivity index (χ1v) is 11.6. The largest absolute Gasteiger partial charge is 0.452 e. The number of aryl methyl sites for hydroxylation is 1. The Balaban J connectivity index is 1.36. The topological polar surface area (TPSA) is 59.5 Å². The van der Waals surface area contributed by atoms with E-state index in [2.05, 4.69) is 20.8 Å². The molecule has 1 aromatic carbocycles. The second-order valence-corrected chi connectivity index (χ2v) is 10.9. The molecular weight excluding hydrogens is 388 g/mol. The van der Waals surface area contributed by atoms with E-state index in [1.165, 1.54) is 0 Å². The van der Waals surface area contributed by atoms with Gasteiger partial charge in [-0.3, -0.25) is 9.78 Å². The molecule has 1 saturated carbocycles. The molecule has 2 aromatic rings. The van der Waals surface area contributed by atoms with Crippen LogP contribution in [0.1, 0.15) is 74.5 Å². The Morgan fingerprint density at radius 1 is 1.13 bits per heavy atom. The molecule has 1 aliphatic heterocycles. The molecule has 2 bridgehead atoms. The zero-order chi connectivity index (χ0) is 21.8. The van der Waals surface area contributed by atoms with Gasteiger partial charge in [0.15, 0.2) is 6.61 Å². The monoisotopic (exact) mass is 420 g/mol. The van der Waals surface area contributed by atoms with Gasteiger partial charge in [-0.15, -0.1) is 0 Å². The van der Waals surface area contributed by atoms with E-state index in [-0.39, 0.29) is 35.4 Å². The number of nitrogens with zero attached hydrogens (tertiary/aromatic N) is 2. The molecule has 0 N–H and O–H groups in total. The normalized spacial score (nSPS) is 26.5. The Hall–Kier alpha value is -2.43. The van der Waals surface area contributed by atoms with Crippen LogP contribution >= 0.6 is 0 Å². The summed E-state index contributed by atoms with van der Waals surface area (Å²) >= 11 is 0. The standard InChI is InChI=1S/C26H32N2O3/c1-25(2)12-17-13-26(3,15-25)16-28(17)22(29)14-31-24(30)23-18-8-4-6-10-20(18)27-21-11-7-5-9-19(21)23/h4,6,8,10,17H,5,7,9,11-16H2,1-3H3/t17-,26+/m0/s1. The van der Waals surface area contributed by atoms with Crippen LogP contribution in [0.4, 0.5) is 0 Å². The van der Waals surface area contributed by atoms with Gasteiger partial charge in [-0.2, -0.15) is 0 Å². The van der Waals surface area contributed by atoms with Gasteiger partial charge in [-0.25, -0.2) is 4.79 Å². The number of aromatic nitrogens is 1. The lowest BCUT2D eigenvalue weighted by Gasteiger charge is -2.39. The lowest BCUT2D eigenvalue weighted by molar-refractivity contribution is -0.135. The van der Waals surface area contributed by atoms with Crippen molar-refractivity contribution in [1.29, 1.82) is 0 Å². The van der Waals surface area contributed by atoms with Crippen LogP contribution in [0.2, 0.25) is 0 Å². The Morgan fingerprint density at radius 2 is 1.90 bits per heavy atom. The molecule has 0 unspecified atom stereocenters. The van der Waals surface area contributed by atoms with Gasteiger partial charge in [0.25, 0.3) is 5.91 Å². The highest BCUT2D eigenvalue weighted by Gasteiger charge is 2.51. The maximum Gasteiger partial charge on any atom is 0.339 e. The van der Waals surface area contributed by atoms with Gasteiger partial charge in [-0.1, -0.05) is 39.0 Å². The van der Waals surface area contributed by atoms with Crippen LogP contribution in [0.15, 0.2) is 24.3 Å².